The van der Waals surface area contributed by atoms with Gasteiger partial charge in [0.15, 0.2) is 11.6 Å². The molecule has 1 aromatic carbocycles. The van der Waals surface area contributed by atoms with Crippen molar-refractivity contribution in [2.75, 3.05) is 6.61 Å². The third-order valence-corrected chi connectivity index (χ3v) is 3.01. The Morgan fingerprint density at radius 1 is 1.44 bits per heavy atom. The summed E-state index contributed by atoms with van der Waals surface area (Å²) < 4.78 is 30.9. The first kappa shape index (κ1) is 15.0. The van der Waals surface area contributed by atoms with Crippen molar-refractivity contribution >= 4 is 21.9 Å². The number of halogens is 3. The van der Waals surface area contributed by atoms with Crippen LogP contribution in [-0.4, -0.2) is 17.7 Å². The van der Waals surface area contributed by atoms with Gasteiger partial charge in [-0.3, -0.25) is 4.79 Å². The van der Waals surface area contributed by atoms with Crippen LogP contribution < -0.4 is 0 Å². The van der Waals surface area contributed by atoms with Gasteiger partial charge in [-0.15, -0.1) is 0 Å². The van der Waals surface area contributed by atoms with E-state index in [0.717, 1.165) is 12.1 Å². The number of carbonyl (C=O) groups excluding carboxylic acids is 1. The molecule has 1 aromatic rings. The fraction of sp³-hybridized carbons (Fsp3) is 0.417. The highest BCUT2D eigenvalue weighted by molar-refractivity contribution is 9.10. The summed E-state index contributed by atoms with van der Waals surface area (Å²) in [7, 11) is 0. The molecule has 0 spiro atoms. The third-order valence-electron chi connectivity index (χ3n) is 2.33. The molecule has 0 aliphatic carbocycles. The number of ether oxygens (including phenoxy) is 1. The van der Waals surface area contributed by atoms with E-state index in [1.165, 1.54) is 0 Å². The van der Waals surface area contributed by atoms with E-state index in [1.54, 1.807) is 6.92 Å². The minimum absolute atomic E-state index is 0.0143. The smallest absolute Gasteiger partial charge is 0.305 e. The van der Waals surface area contributed by atoms with Crippen LogP contribution in [0.3, 0.4) is 0 Å². The summed E-state index contributed by atoms with van der Waals surface area (Å²) in [5.41, 5.74) is 0.207. The van der Waals surface area contributed by atoms with Crippen LogP contribution in [0, 0.1) is 11.6 Å². The van der Waals surface area contributed by atoms with Crippen LogP contribution in [-0.2, 0) is 9.53 Å². The van der Waals surface area contributed by atoms with Gasteiger partial charge in [0.1, 0.15) is 0 Å². The third kappa shape index (κ3) is 4.03. The molecule has 0 saturated carbocycles. The topological polar surface area (TPSA) is 46.5 Å². The molecule has 1 N–H and O–H groups in total. The summed E-state index contributed by atoms with van der Waals surface area (Å²) in [5, 5.41) is 9.81. The van der Waals surface area contributed by atoms with E-state index in [4.69, 9.17) is 4.74 Å². The summed E-state index contributed by atoms with van der Waals surface area (Å²) in [6, 6.07) is 1.85. The van der Waals surface area contributed by atoms with E-state index in [-0.39, 0.29) is 29.5 Å². The Bertz CT molecular complexity index is 438. The minimum Gasteiger partial charge on any atom is -0.466 e. The van der Waals surface area contributed by atoms with Gasteiger partial charge in [-0.2, -0.15) is 0 Å². The molecule has 0 aliphatic rings. The maximum Gasteiger partial charge on any atom is 0.305 e. The Hall–Kier alpha value is -1.01. The molecule has 0 heterocycles. The summed E-state index contributed by atoms with van der Waals surface area (Å²) >= 11 is 3.04. The predicted molar refractivity (Wildman–Crippen MR) is 64.9 cm³/mol. The molecule has 1 atom stereocenters. The molecule has 18 heavy (non-hydrogen) atoms. The van der Waals surface area contributed by atoms with E-state index in [1.807, 2.05) is 0 Å². The highest BCUT2D eigenvalue weighted by atomic mass is 79.9. The van der Waals surface area contributed by atoms with Crippen LogP contribution in [0.5, 0.6) is 0 Å². The van der Waals surface area contributed by atoms with Crippen molar-refractivity contribution in [1.82, 2.24) is 0 Å². The van der Waals surface area contributed by atoms with Gasteiger partial charge in [-0.1, -0.05) is 15.9 Å². The lowest BCUT2D eigenvalue weighted by atomic mass is 10.0. The molecule has 100 valence electrons. The van der Waals surface area contributed by atoms with Crippen LogP contribution in [0.4, 0.5) is 8.78 Å². The lowest BCUT2D eigenvalue weighted by Crippen LogP contribution is -2.08. The Morgan fingerprint density at radius 3 is 2.67 bits per heavy atom. The number of rotatable bonds is 5. The quantitative estimate of drug-likeness (QED) is 0.669. The van der Waals surface area contributed by atoms with Crippen molar-refractivity contribution in [3.05, 3.63) is 33.8 Å². The molecular formula is C12H13BrF2O3. The molecule has 1 unspecified atom stereocenters. The molecule has 0 fully saturated rings. The second-order valence-electron chi connectivity index (χ2n) is 3.65. The van der Waals surface area contributed by atoms with Crippen molar-refractivity contribution in [2.45, 2.75) is 25.9 Å². The zero-order valence-corrected chi connectivity index (χ0v) is 11.3. The van der Waals surface area contributed by atoms with Crippen molar-refractivity contribution < 1.29 is 23.4 Å². The number of hydrogen-bond donors (Lipinski definition) is 1. The van der Waals surface area contributed by atoms with Gasteiger partial charge in [0.2, 0.25) is 0 Å². The fourth-order valence-corrected chi connectivity index (χ4v) is 2.02. The van der Waals surface area contributed by atoms with Gasteiger partial charge in [0.05, 0.1) is 12.7 Å². The molecule has 0 aromatic heterocycles. The SMILES string of the molecule is CCOC(=O)CCC(O)c1cc(F)c(F)cc1Br. The second-order valence-corrected chi connectivity index (χ2v) is 4.50. The number of benzene rings is 1. The largest absolute Gasteiger partial charge is 0.466 e. The molecule has 0 aliphatic heterocycles. The van der Waals surface area contributed by atoms with Crippen molar-refractivity contribution in [3.8, 4) is 0 Å². The number of hydrogen-bond acceptors (Lipinski definition) is 3. The van der Waals surface area contributed by atoms with Crippen LogP contribution in [0.1, 0.15) is 31.4 Å². The zero-order chi connectivity index (χ0) is 13.7. The van der Waals surface area contributed by atoms with Gasteiger partial charge in [0, 0.05) is 10.9 Å². The standard InChI is InChI=1S/C12H13BrF2O3/c1-2-18-12(17)4-3-11(16)7-5-9(14)10(15)6-8(7)13/h5-6,11,16H,2-4H2,1H3. The lowest BCUT2D eigenvalue weighted by molar-refractivity contribution is -0.143. The molecular weight excluding hydrogens is 310 g/mol. The molecule has 0 radical (unpaired) electrons. The second kappa shape index (κ2) is 6.80. The van der Waals surface area contributed by atoms with E-state index in [0.29, 0.717) is 0 Å². The van der Waals surface area contributed by atoms with Gasteiger partial charge in [0.25, 0.3) is 0 Å². The highest BCUT2D eigenvalue weighted by Crippen LogP contribution is 2.28. The average Bonchev–Trinajstić information content (AvgIpc) is 2.31. The van der Waals surface area contributed by atoms with Crippen molar-refractivity contribution in [1.29, 1.82) is 0 Å². The number of esters is 1. The Labute approximate surface area is 112 Å². The molecule has 0 bridgehead atoms. The minimum atomic E-state index is -1.06. The highest BCUT2D eigenvalue weighted by Gasteiger charge is 2.16. The average molecular weight is 323 g/mol. The molecule has 0 amide bonds. The lowest BCUT2D eigenvalue weighted by Gasteiger charge is -2.12. The van der Waals surface area contributed by atoms with E-state index >= 15 is 0 Å². The maximum absolute atomic E-state index is 13.0. The van der Waals surface area contributed by atoms with Crippen LogP contribution in [0.2, 0.25) is 0 Å². The summed E-state index contributed by atoms with van der Waals surface area (Å²) in [6.45, 7) is 1.95. The number of aliphatic hydroxyl groups is 1. The molecule has 3 nitrogen and oxygen atoms in total. The summed E-state index contributed by atoms with van der Waals surface area (Å²) in [5.74, 6) is -2.47. The first-order chi connectivity index (χ1) is 8.45. The predicted octanol–water partition coefficient (Wildman–Crippen LogP) is 3.10. The fourth-order valence-electron chi connectivity index (χ4n) is 1.44. The maximum atomic E-state index is 13.0. The Kier molecular flexibility index (Phi) is 5.68. The summed E-state index contributed by atoms with van der Waals surface area (Å²) in [4.78, 5) is 11.1. The van der Waals surface area contributed by atoms with Crippen molar-refractivity contribution in [2.24, 2.45) is 0 Å². The first-order valence-corrected chi connectivity index (χ1v) is 6.23. The first-order valence-electron chi connectivity index (χ1n) is 5.43. The van der Waals surface area contributed by atoms with Crippen LogP contribution in [0.25, 0.3) is 0 Å². The summed E-state index contributed by atoms with van der Waals surface area (Å²) in [6.07, 6.45) is -0.956. The van der Waals surface area contributed by atoms with Crippen LogP contribution >= 0.6 is 15.9 Å². The molecule has 0 saturated heterocycles. The van der Waals surface area contributed by atoms with E-state index in [9.17, 15) is 18.7 Å². The number of aliphatic hydroxyl groups excluding tert-OH is 1. The Morgan fingerprint density at radius 2 is 2.06 bits per heavy atom. The number of carbonyl (C=O) groups is 1. The normalized spacial score (nSPS) is 12.3. The molecule has 6 heteroatoms. The zero-order valence-electron chi connectivity index (χ0n) is 9.75. The van der Waals surface area contributed by atoms with Crippen molar-refractivity contribution in [3.63, 3.8) is 0 Å². The van der Waals surface area contributed by atoms with Gasteiger partial charge >= 0.3 is 5.97 Å². The Balaban J connectivity index is 2.69. The van der Waals surface area contributed by atoms with Gasteiger partial charge < -0.3 is 9.84 Å². The van der Waals surface area contributed by atoms with Gasteiger partial charge in [-0.25, -0.2) is 8.78 Å². The van der Waals surface area contributed by atoms with E-state index in [2.05, 4.69) is 15.9 Å². The van der Waals surface area contributed by atoms with E-state index < -0.39 is 23.7 Å². The van der Waals surface area contributed by atoms with Gasteiger partial charge in [-0.05, 0) is 31.0 Å². The van der Waals surface area contributed by atoms with Crippen LogP contribution in [0.15, 0.2) is 16.6 Å². The molecule has 1 rings (SSSR count). The monoisotopic (exact) mass is 322 g/mol.